The van der Waals surface area contributed by atoms with E-state index in [4.69, 9.17) is 4.74 Å². The number of carbonyl (C=O) groups excluding carboxylic acids is 1. The molecule has 0 aliphatic carbocycles. The number of rotatable bonds is 6. The lowest BCUT2D eigenvalue weighted by atomic mass is 9.72. The first kappa shape index (κ1) is 18.6. The van der Waals surface area contributed by atoms with Crippen molar-refractivity contribution in [3.8, 4) is 0 Å². The summed E-state index contributed by atoms with van der Waals surface area (Å²) in [6.45, 7) is 4.35. The highest BCUT2D eigenvalue weighted by molar-refractivity contribution is 5.83. The van der Waals surface area contributed by atoms with Gasteiger partial charge in [0.05, 0.1) is 18.1 Å². The minimum atomic E-state index is -0.578. The van der Waals surface area contributed by atoms with Crippen LogP contribution in [0.3, 0.4) is 0 Å². The van der Waals surface area contributed by atoms with Crippen LogP contribution in [-0.4, -0.2) is 42.2 Å². The Morgan fingerprint density at radius 3 is 2.23 bits per heavy atom. The van der Waals surface area contributed by atoms with Crippen LogP contribution in [0.4, 0.5) is 0 Å². The van der Waals surface area contributed by atoms with Crippen LogP contribution < -0.4 is 0 Å². The van der Waals surface area contributed by atoms with Crippen molar-refractivity contribution in [1.29, 1.82) is 0 Å². The molecule has 0 aromatic heterocycles. The molecule has 0 saturated carbocycles. The summed E-state index contributed by atoms with van der Waals surface area (Å²) in [5, 5.41) is 10.5. The Balaban J connectivity index is 1.70. The predicted molar refractivity (Wildman–Crippen MR) is 102 cm³/mol. The third-order valence-corrected chi connectivity index (χ3v) is 5.32. The highest BCUT2D eigenvalue weighted by Crippen LogP contribution is 2.37. The van der Waals surface area contributed by atoms with E-state index >= 15 is 0 Å². The predicted octanol–water partition coefficient (Wildman–Crippen LogP) is 3.32. The fraction of sp³-hybridized carbons (Fsp3) is 0.409. The number of carbonyl (C=O) groups is 1. The van der Waals surface area contributed by atoms with E-state index in [-0.39, 0.29) is 5.97 Å². The second-order valence-electron chi connectivity index (χ2n) is 6.90. The molecular formula is C22H27NO3. The van der Waals surface area contributed by atoms with Gasteiger partial charge in [-0.1, -0.05) is 60.7 Å². The van der Waals surface area contributed by atoms with Gasteiger partial charge in [-0.15, -0.1) is 0 Å². The molecule has 3 rings (SSSR count). The summed E-state index contributed by atoms with van der Waals surface area (Å²) in [6.07, 6.45) is 0.900. The third kappa shape index (κ3) is 3.97. The number of aliphatic hydroxyl groups excluding tert-OH is 1. The molecule has 0 bridgehead atoms. The number of benzene rings is 2. The van der Waals surface area contributed by atoms with Gasteiger partial charge in [0, 0.05) is 6.54 Å². The van der Waals surface area contributed by atoms with Gasteiger partial charge in [-0.3, -0.25) is 4.79 Å². The van der Waals surface area contributed by atoms with Gasteiger partial charge in [-0.05, 0) is 44.0 Å². The molecule has 0 radical (unpaired) electrons. The average molecular weight is 353 g/mol. The van der Waals surface area contributed by atoms with Gasteiger partial charge in [0.1, 0.15) is 0 Å². The Hall–Kier alpha value is -2.17. The van der Waals surface area contributed by atoms with Crippen LogP contribution in [0.1, 0.15) is 37.0 Å². The fourth-order valence-corrected chi connectivity index (χ4v) is 3.78. The van der Waals surface area contributed by atoms with Crippen molar-refractivity contribution in [3.05, 3.63) is 71.8 Å². The van der Waals surface area contributed by atoms with Gasteiger partial charge in [0.25, 0.3) is 0 Å². The Morgan fingerprint density at radius 2 is 1.65 bits per heavy atom. The second kappa shape index (κ2) is 8.47. The molecular weight excluding hydrogens is 326 g/mol. The molecule has 2 aromatic carbocycles. The number of hydrogen-bond acceptors (Lipinski definition) is 4. The van der Waals surface area contributed by atoms with Gasteiger partial charge >= 0.3 is 5.97 Å². The van der Waals surface area contributed by atoms with Crippen LogP contribution in [0.2, 0.25) is 0 Å². The van der Waals surface area contributed by atoms with Crippen LogP contribution >= 0.6 is 0 Å². The Bertz CT molecular complexity index is 694. The maximum Gasteiger partial charge on any atom is 0.316 e. The molecule has 1 fully saturated rings. The topological polar surface area (TPSA) is 49.8 Å². The minimum Gasteiger partial charge on any atom is -0.465 e. The molecule has 0 amide bonds. The molecule has 1 atom stereocenters. The van der Waals surface area contributed by atoms with Gasteiger partial charge in [0.15, 0.2) is 0 Å². The van der Waals surface area contributed by atoms with Crippen molar-refractivity contribution in [2.45, 2.75) is 31.3 Å². The summed E-state index contributed by atoms with van der Waals surface area (Å²) < 4.78 is 5.42. The number of nitrogens with zero attached hydrogens (tertiary/aromatic N) is 1. The van der Waals surface area contributed by atoms with E-state index in [2.05, 4.69) is 4.90 Å². The van der Waals surface area contributed by atoms with Crippen molar-refractivity contribution in [2.24, 2.45) is 0 Å². The molecule has 4 nitrogen and oxygen atoms in total. The molecule has 0 spiro atoms. The van der Waals surface area contributed by atoms with E-state index in [0.717, 1.165) is 24.2 Å². The summed E-state index contributed by atoms with van der Waals surface area (Å²) >= 11 is 0. The van der Waals surface area contributed by atoms with Crippen molar-refractivity contribution in [1.82, 2.24) is 4.90 Å². The first-order chi connectivity index (χ1) is 12.7. The fourth-order valence-electron chi connectivity index (χ4n) is 3.78. The zero-order valence-electron chi connectivity index (χ0n) is 15.3. The van der Waals surface area contributed by atoms with Gasteiger partial charge in [-0.25, -0.2) is 0 Å². The molecule has 1 unspecified atom stereocenters. The van der Waals surface area contributed by atoms with Gasteiger partial charge in [-0.2, -0.15) is 0 Å². The second-order valence-corrected chi connectivity index (χ2v) is 6.90. The summed E-state index contributed by atoms with van der Waals surface area (Å²) in [5.41, 5.74) is 1.38. The number of ether oxygens (including phenoxy) is 1. The molecule has 26 heavy (non-hydrogen) atoms. The number of likely N-dealkylation sites (tertiary alicyclic amines) is 1. The van der Waals surface area contributed by atoms with Gasteiger partial charge < -0.3 is 14.7 Å². The largest absolute Gasteiger partial charge is 0.465 e. The van der Waals surface area contributed by atoms with E-state index in [1.807, 2.05) is 67.6 Å². The first-order valence-electron chi connectivity index (χ1n) is 9.34. The van der Waals surface area contributed by atoms with Crippen molar-refractivity contribution in [3.63, 3.8) is 0 Å². The summed E-state index contributed by atoms with van der Waals surface area (Å²) in [4.78, 5) is 15.0. The molecule has 1 heterocycles. The molecule has 1 N–H and O–H groups in total. The van der Waals surface area contributed by atoms with E-state index in [9.17, 15) is 9.90 Å². The average Bonchev–Trinajstić information content (AvgIpc) is 2.70. The maximum absolute atomic E-state index is 12.8. The number of aliphatic hydroxyl groups is 1. The summed E-state index contributed by atoms with van der Waals surface area (Å²) in [7, 11) is 0. The Kier molecular flexibility index (Phi) is 6.07. The molecule has 1 saturated heterocycles. The highest BCUT2D eigenvalue weighted by atomic mass is 16.5. The van der Waals surface area contributed by atoms with Crippen LogP contribution in [0.5, 0.6) is 0 Å². The van der Waals surface area contributed by atoms with Crippen LogP contribution in [-0.2, 0) is 14.9 Å². The van der Waals surface area contributed by atoms with E-state index < -0.39 is 11.5 Å². The van der Waals surface area contributed by atoms with E-state index in [0.29, 0.717) is 26.0 Å². The van der Waals surface area contributed by atoms with Crippen molar-refractivity contribution in [2.75, 3.05) is 26.2 Å². The third-order valence-electron chi connectivity index (χ3n) is 5.32. The Labute approximate surface area is 155 Å². The normalized spacial score (nSPS) is 18.2. The number of β-amino-alcohol motifs (C(OH)–C–C–N with tert-alkyl or cyclic N) is 1. The van der Waals surface area contributed by atoms with Crippen LogP contribution in [0, 0.1) is 0 Å². The number of hydrogen-bond donors (Lipinski definition) is 1. The maximum atomic E-state index is 12.8. The lowest BCUT2D eigenvalue weighted by molar-refractivity contribution is -0.152. The SMILES string of the molecule is CCOC(=O)C1(c2ccccc2)CCN(CC(O)c2ccccc2)CC1. The van der Waals surface area contributed by atoms with Crippen molar-refractivity contribution >= 4 is 5.97 Å². The zero-order valence-corrected chi connectivity index (χ0v) is 15.3. The Morgan fingerprint density at radius 1 is 1.08 bits per heavy atom. The smallest absolute Gasteiger partial charge is 0.316 e. The molecule has 138 valence electrons. The first-order valence-corrected chi connectivity index (χ1v) is 9.34. The standard InChI is InChI=1S/C22H27NO3/c1-2-26-21(25)22(19-11-7-4-8-12-19)13-15-23(16-14-22)17-20(24)18-9-5-3-6-10-18/h3-12,20,24H,2,13-17H2,1H3. The molecule has 1 aliphatic rings. The van der Waals surface area contributed by atoms with E-state index in [1.54, 1.807) is 0 Å². The zero-order chi connectivity index (χ0) is 18.4. The lowest BCUT2D eigenvalue weighted by Crippen LogP contribution is -2.48. The number of piperidine rings is 1. The van der Waals surface area contributed by atoms with Crippen molar-refractivity contribution < 1.29 is 14.6 Å². The lowest BCUT2D eigenvalue weighted by Gasteiger charge is -2.40. The highest BCUT2D eigenvalue weighted by Gasteiger charge is 2.44. The summed E-state index contributed by atoms with van der Waals surface area (Å²) in [6, 6.07) is 19.7. The van der Waals surface area contributed by atoms with Crippen LogP contribution in [0.25, 0.3) is 0 Å². The van der Waals surface area contributed by atoms with E-state index in [1.165, 1.54) is 0 Å². The number of esters is 1. The monoisotopic (exact) mass is 353 g/mol. The molecule has 4 heteroatoms. The minimum absolute atomic E-state index is 0.130. The summed E-state index contributed by atoms with van der Waals surface area (Å²) in [5.74, 6) is -0.130. The van der Waals surface area contributed by atoms with Gasteiger partial charge in [0.2, 0.25) is 0 Å². The van der Waals surface area contributed by atoms with Crippen LogP contribution in [0.15, 0.2) is 60.7 Å². The quantitative estimate of drug-likeness (QED) is 0.810. The molecule has 2 aromatic rings. The molecule has 1 aliphatic heterocycles.